The van der Waals surface area contributed by atoms with Crippen molar-refractivity contribution >= 4 is 33.7 Å². The fourth-order valence-corrected chi connectivity index (χ4v) is 3.63. The minimum atomic E-state index is 0.827. The first kappa shape index (κ1) is 10.9. The summed E-state index contributed by atoms with van der Waals surface area (Å²) in [7, 11) is 0. The standard InChI is InChI=1S/C14H8N2OS2/c1-3-11(18-7-1)9-5-6-10(12-4-2-8-19-12)14-13(9)15-17-16-14/h1-8H. The van der Waals surface area contributed by atoms with Crippen molar-refractivity contribution in [3.05, 3.63) is 47.2 Å². The summed E-state index contributed by atoms with van der Waals surface area (Å²) in [5.74, 6) is 0. The first-order valence-electron chi connectivity index (χ1n) is 5.76. The van der Waals surface area contributed by atoms with Crippen molar-refractivity contribution in [1.82, 2.24) is 10.3 Å². The first-order chi connectivity index (χ1) is 9.43. The first-order valence-corrected chi connectivity index (χ1v) is 7.52. The van der Waals surface area contributed by atoms with Gasteiger partial charge in [0.15, 0.2) is 0 Å². The smallest absolute Gasteiger partial charge is 0.144 e. The maximum Gasteiger partial charge on any atom is 0.144 e. The van der Waals surface area contributed by atoms with Crippen molar-refractivity contribution in [3.8, 4) is 20.9 Å². The van der Waals surface area contributed by atoms with Gasteiger partial charge in [0.1, 0.15) is 11.0 Å². The molecule has 3 aromatic heterocycles. The molecule has 0 atom stereocenters. The molecule has 0 N–H and O–H groups in total. The van der Waals surface area contributed by atoms with Crippen LogP contribution >= 0.6 is 22.7 Å². The van der Waals surface area contributed by atoms with Gasteiger partial charge in [0, 0.05) is 20.9 Å². The number of benzene rings is 1. The molecular weight excluding hydrogens is 276 g/mol. The van der Waals surface area contributed by atoms with Gasteiger partial charge in [-0.05, 0) is 33.2 Å². The molecule has 5 heteroatoms. The molecule has 0 aliphatic heterocycles. The number of rotatable bonds is 2. The summed E-state index contributed by atoms with van der Waals surface area (Å²) in [6.07, 6.45) is 0. The molecule has 4 rings (SSSR count). The SMILES string of the molecule is c1csc(-c2ccc(-c3cccs3)c3nonc23)c1. The second kappa shape index (κ2) is 4.29. The van der Waals surface area contributed by atoms with Crippen LogP contribution in [0.15, 0.2) is 51.8 Å². The third-order valence-corrected chi connectivity index (χ3v) is 4.79. The highest BCUT2D eigenvalue weighted by atomic mass is 32.1. The quantitative estimate of drug-likeness (QED) is 0.536. The molecule has 92 valence electrons. The second-order valence-corrected chi connectivity index (χ2v) is 5.97. The Morgan fingerprint density at radius 3 is 1.68 bits per heavy atom. The molecule has 0 saturated carbocycles. The van der Waals surface area contributed by atoms with E-state index < -0.39 is 0 Å². The number of hydrogen-bond donors (Lipinski definition) is 0. The molecule has 19 heavy (non-hydrogen) atoms. The molecule has 0 fully saturated rings. The van der Waals surface area contributed by atoms with Crippen LogP contribution < -0.4 is 0 Å². The summed E-state index contributed by atoms with van der Waals surface area (Å²) in [6.45, 7) is 0. The normalized spacial score (nSPS) is 11.2. The third-order valence-electron chi connectivity index (χ3n) is 2.99. The predicted molar refractivity (Wildman–Crippen MR) is 78.4 cm³/mol. The maximum absolute atomic E-state index is 4.95. The Morgan fingerprint density at radius 1 is 0.737 bits per heavy atom. The van der Waals surface area contributed by atoms with Crippen LogP contribution in [0, 0.1) is 0 Å². The van der Waals surface area contributed by atoms with E-state index in [4.69, 9.17) is 4.63 Å². The summed E-state index contributed by atoms with van der Waals surface area (Å²) < 4.78 is 4.95. The van der Waals surface area contributed by atoms with Crippen molar-refractivity contribution in [1.29, 1.82) is 0 Å². The Morgan fingerprint density at radius 2 is 1.26 bits per heavy atom. The Kier molecular flexibility index (Phi) is 2.46. The Labute approximate surface area is 117 Å². The average molecular weight is 284 g/mol. The van der Waals surface area contributed by atoms with Crippen molar-refractivity contribution < 1.29 is 4.63 Å². The van der Waals surface area contributed by atoms with Gasteiger partial charge in [0.25, 0.3) is 0 Å². The molecule has 1 aromatic carbocycles. The van der Waals surface area contributed by atoms with Crippen LogP contribution in [-0.4, -0.2) is 10.3 Å². The van der Waals surface area contributed by atoms with Gasteiger partial charge in [-0.1, -0.05) is 24.3 Å². The van der Waals surface area contributed by atoms with Gasteiger partial charge in [-0.3, -0.25) is 0 Å². The van der Waals surface area contributed by atoms with Crippen LogP contribution in [0.1, 0.15) is 0 Å². The van der Waals surface area contributed by atoms with E-state index in [1.54, 1.807) is 22.7 Å². The van der Waals surface area contributed by atoms with Gasteiger partial charge in [0.05, 0.1) is 0 Å². The minimum absolute atomic E-state index is 0.827. The fourth-order valence-electron chi connectivity index (χ4n) is 2.13. The molecular formula is C14H8N2OS2. The Balaban J connectivity index is 2.01. The van der Waals surface area contributed by atoms with Crippen molar-refractivity contribution in [2.75, 3.05) is 0 Å². The summed E-state index contributed by atoms with van der Waals surface area (Å²) in [4.78, 5) is 2.36. The van der Waals surface area contributed by atoms with E-state index in [2.05, 4.69) is 45.3 Å². The van der Waals surface area contributed by atoms with E-state index in [1.807, 2.05) is 12.1 Å². The summed E-state index contributed by atoms with van der Waals surface area (Å²) in [5, 5.41) is 12.3. The number of hydrogen-bond acceptors (Lipinski definition) is 5. The summed E-state index contributed by atoms with van der Waals surface area (Å²) in [6, 6.07) is 12.4. The van der Waals surface area contributed by atoms with Gasteiger partial charge in [-0.15, -0.1) is 22.7 Å². The molecule has 0 aliphatic carbocycles. The molecule has 0 amide bonds. The van der Waals surface area contributed by atoms with Crippen molar-refractivity contribution in [2.45, 2.75) is 0 Å². The maximum atomic E-state index is 4.95. The third kappa shape index (κ3) is 1.70. The van der Waals surface area contributed by atoms with E-state index in [9.17, 15) is 0 Å². The summed E-state index contributed by atoms with van der Waals surface area (Å²) in [5.41, 5.74) is 3.81. The number of fused-ring (bicyclic) bond motifs is 1. The molecule has 3 heterocycles. The van der Waals surface area contributed by atoms with Gasteiger partial charge < -0.3 is 0 Å². The van der Waals surface area contributed by atoms with Crippen LogP contribution in [0.5, 0.6) is 0 Å². The molecule has 0 radical (unpaired) electrons. The van der Waals surface area contributed by atoms with Crippen LogP contribution in [0.25, 0.3) is 31.9 Å². The molecule has 0 bridgehead atoms. The van der Waals surface area contributed by atoms with Crippen LogP contribution in [0.3, 0.4) is 0 Å². The highest BCUT2D eigenvalue weighted by molar-refractivity contribution is 7.14. The lowest BCUT2D eigenvalue weighted by atomic mass is 10.1. The lowest BCUT2D eigenvalue weighted by molar-refractivity contribution is 0.315. The van der Waals surface area contributed by atoms with Gasteiger partial charge >= 0.3 is 0 Å². The lowest BCUT2D eigenvalue weighted by Crippen LogP contribution is -1.81. The van der Waals surface area contributed by atoms with Crippen molar-refractivity contribution in [3.63, 3.8) is 0 Å². The van der Waals surface area contributed by atoms with Crippen molar-refractivity contribution in [2.24, 2.45) is 0 Å². The highest BCUT2D eigenvalue weighted by Gasteiger charge is 2.15. The Bertz CT molecular complexity index is 748. The average Bonchev–Trinajstić information content (AvgIpc) is 3.19. The van der Waals surface area contributed by atoms with Gasteiger partial charge in [-0.25, -0.2) is 4.63 Å². The molecule has 0 aliphatic rings. The fraction of sp³-hybridized carbons (Fsp3) is 0. The zero-order valence-electron chi connectivity index (χ0n) is 9.74. The second-order valence-electron chi connectivity index (χ2n) is 4.08. The van der Waals surface area contributed by atoms with Gasteiger partial charge in [-0.2, -0.15) is 0 Å². The van der Waals surface area contributed by atoms with Gasteiger partial charge in [0.2, 0.25) is 0 Å². The van der Waals surface area contributed by atoms with Crippen LogP contribution in [0.4, 0.5) is 0 Å². The number of aromatic nitrogens is 2. The largest absolute Gasteiger partial charge is 0.243 e. The highest BCUT2D eigenvalue weighted by Crippen LogP contribution is 2.36. The Hall–Kier alpha value is -1.98. The predicted octanol–water partition coefficient (Wildman–Crippen LogP) is 4.68. The number of thiophene rings is 2. The molecule has 3 nitrogen and oxygen atoms in total. The molecule has 0 unspecified atom stereocenters. The zero-order valence-corrected chi connectivity index (χ0v) is 11.4. The van der Waals surface area contributed by atoms with E-state index in [1.165, 1.54) is 9.75 Å². The molecule has 0 saturated heterocycles. The van der Waals surface area contributed by atoms with E-state index in [-0.39, 0.29) is 0 Å². The minimum Gasteiger partial charge on any atom is -0.243 e. The van der Waals surface area contributed by atoms with Crippen LogP contribution in [0.2, 0.25) is 0 Å². The monoisotopic (exact) mass is 284 g/mol. The lowest BCUT2D eigenvalue weighted by Gasteiger charge is -2.01. The molecule has 4 aromatic rings. The number of nitrogens with zero attached hydrogens (tertiary/aromatic N) is 2. The van der Waals surface area contributed by atoms with E-state index in [0.717, 1.165) is 22.2 Å². The zero-order chi connectivity index (χ0) is 12.7. The van der Waals surface area contributed by atoms with Crippen LogP contribution in [-0.2, 0) is 0 Å². The summed E-state index contributed by atoms with van der Waals surface area (Å²) >= 11 is 3.38. The van der Waals surface area contributed by atoms with E-state index in [0.29, 0.717) is 0 Å². The molecule has 0 spiro atoms. The van der Waals surface area contributed by atoms with E-state index >= 15 is 0 Å². The topological polar surface area (TPSA) is 38.9 Å².